The van der Waals surface area contributed by atoms with Gasteiger partial charge in [0.05, 0.1) is 29.5 Å². The van der Waals surface area contributed by atoms with Gasteiger partial charge in [-0.3, -0.25) is 4.90 Å². The van der Waals surface area contributed by atoms with Crippen LogP contribution in [0.2, 0.25) is 0 Å². The van der Waals surface area contributed by atoms with E-state index in [0.29, 0.717) is 30.8 Å². The molecule has 1 N–H and O–H groups in total. The van der Waals surface area contributed by atoms with Crippen LogP contribution in [0, 0.1) is 56.7 Å². The van der Waals surface area contributed by atoms with E-state index in [1.165, 1.54) is 12.1 Å². The number of benzene rings is 1. The van der Waals surface area contributed by atoms with Gasteiger partial charge in [0.25, 0.3) is 0 Å². The third kappa shape index (κ3) is 3.18. The molecule has 3 atom stereocenters. The fourth-order valence-corrected chi connectivity index (χ4v) is 4.38. The monoisotopic (exact) mass is 397 g/mol. The van der Waals surface area contributed by atoms with Crippen molar-refractivity contribution in [3.8, 4) is 18.2 Å². The molecule has 8 heteroatoms. The molecule has 2 aliphatic rings. The lowest BCUT2D eigenvalue weighted by Crippen LogP contribution is -2.52. The number of hydrogen-bond acceptors (Lipinski definition) is 5. The highest BCUT2D eigenvalue weighted by molar-refractivity contribution is 6.00. The quantitative estimate of drug-likeness (QED) is 0.766. The number of nitrogens with zero attached hydrogens (tertiary/aromatic N) is 4. The van der Waals surface area contributed by atoms with Crippen LogP contribution in [0.3, 0.4) is 0 Å². The van der Waals surface area contributed by atoms with Crippen LogP contribution in [0.1, 0.15) is 24.0 Å². The zero-order valence-corrected chi connectivity index (χ0v) is 15.7. The van der Waals surface area contributed by atoms with Gasteiger partial charge in [0, 0.05) is 24.9 Å². The van der Waals surface area contributed by atoms with Gasteiger partial charge in [-0.15, -0.1) is 0 Å². The zero-order chi connectivity index (χ0) is 21.4. The van der Waals surface area contributed by atoms with Crippen molar-refractivity contribution in [1.29, 1.82) is 21.2 Å². The third-order valence-corrected chi connectivity index (χ3v) is 5.91. The SMILES string of the molecule is CCN1CC=C2C(C#N)C(=N)C(C#N)(C#N)[C@@H](c3ccc(C(F)(F)F)cc3)[C@H]2C1. The molecule has 1 aliphatic heterocycles. The molecule has 1 heterocycles. The fraction of sp³-hybridized carbons (Fsp3) is 0.429. The van der Waals surface area contributed by atoms with Crippen LogP contribution in [0.25, 0.3) is 0 Å². The van der Waals surface area contributed by atoms with Crippen molar-refractivity contribution in [2.24, 2.45) is 17.3 Å². The maximum Gasteiger partial charge on any atom is 0.416 e. The number of rotatable bonds is 2. The van der Waals surface area contributed by atoms with Gasteiger partial charge >= 0.3 is 6.18 Å². The Morgan fingerprint density at radius 3 is 2.28 bits per heavy atom. The Labute approximate surface area is 166 Å². The fourth-order valence-electron chi connectivity index (χ4n) is 4.38. The van der Waals surface area contributed by atoms with E-state index in [1.54, 1.807) is 0 Å². The normalized spacial score (nSPS) is 26.4. The molecule has 1 saturated carbocycles. The molecule has 0 saturated heterocycles. The van der Waals surface area contributed by atoms with E-state index in [-0.39, 0.29) is 5.71 Å². The van der Waals surface area contributed by atoms with Crippen LogP contribution >= 0.6 is 0 Å². The first-order valence-corrected chi connectivity index (χ1v) is 9.14. The summed E-state index contributed by atoms with van der Waals surface area (Å²) >= 11 is 0. The minimum Gasteiger partial charge on any atom is -0.305 e. The van der Waals surface area contributed by atoms with Gasteiger partial charge in [-0.05, 0) is 29.8 Å². The number of halogens is 3. The number of nitriles is 3. The summed E-state index contributed by atoms with van der Waals surface area (Å²) in [5.41, 5.74) is -1.98. The Hall–Kier alpha value is -3.15. The molecule has 148 valence electrons. The minimum atomic E-state index is -4.50. The molecular formula is C21H18F3N5. The molecular weight excluding hydrogens is 379 g/mol. The lowest BCUT2D eigenvalue weighted by molar-refractivity contribution is -0.137. The van der Waals surface area contributed by atoms with Gasteiger partial charge in [-0.1, -0.05) is 25.1 Å². The summed E-state index contributed by atoms with van der Waals surface area (Å²) in [6, 6.07) is 10.3. The largest absolute Gasteiger partial charge is 0.416 e. The molecule has 29 heavy (non-hydrogen) atoms. The first-order valence-electron chi connectivity index (χ1n) is 9.14. The van der Waals surface area contributed by atoms with E-state index in [9.17, 15) is 29.0 Å². The average Bonchev–Trinajstić information content (AvgIpc) is 2.72. The molecule has 0 radical (unpaired) electrons. The topological polar surface area (TPSA) is 98.5 Å². The first-order chi connectivity index (χ1) is 13.7. The highest BCUT2D eigenvalue weighted by Gasteiger charge is 2.57. The average molecular weight is 397 g/mol. The van der Waals surface area contributed by atoms with Crippen LogP contribution in [0.4, 0.5) is 13.2 Å². The molecule has 1 aliphatic carbocycles. The Kier molecular flexibility index (Phi) is 5.22. The molecule has 0 aromatic heterocycles. The van der Waals surface area contributed by atoms with Gasteiger partial charge in [0.2, 0.25) is 0 Å². The highest BCUT2D eigenvalue weighted by atomic mass is 19.4. The summed E-state index contributed by atoms with van der Waals surface area (Å²) in [7, 11) is 0. The summed E-state index contributed by atoms with van der Waals surface area (Å²) in [6.45, 7) is 3.71. The van der Waals surface area contributed by atoms with E-state index in [2.05, 4.69) is 4.90 Å². The van der Waals surface area contributed by atoms with Gasteiger partial charge in [0.1, 0.15) is 5.92 Å². The van der Waals surface area contributed by atoms with Gasteiger partial charge in [-0.2, -0.15) is 29.0 Å². The van der Waals surface area contributed by atoms with Crippen LogP contribution < -0.4 is 0 Å². The van der Waals surface area contributed by atoms with Crippen molar-refractivity contribution < 1.29 is 13.2 Å². The second kappa shape index (κ2) is 7.35. The van der Waals surface area contributed by atoms with Crippen LogP contribution in [-0.4, -0.2) is 30.2 Å². The van der Waals surface area contributed by atoms with Crippen molar-refractivity contribution in [2.45, 2.75) is 19.0 Å². The highest BCUT2D eigenvalue weighted by Crippen LogP contribution is 2.53. The Morgan fingerprint density at radius 2 is 1.79 bits per heavy atom. The minimum absolute atomic E-state index is 0.303. The Morgan fingerprint density at radius 1 is 1.17 bits per heavy atom. The van der Waals surface area contributed by atoms with Crippen molar-refractivity contribution in [3.63, 3.8) is 0 Å². The Balaban J connectivity index is 2.20. The maximum absolute atomic E-state index is 13.0. The van der Waals surface area contributed by atoms with E-state index >= 15 is 0 Å². The van der Waals surface area contributed by atoms with Gasteiger partial charge < -0.3 is 5.41 Å². The smallest absolute Gasteiger partial charge is 0.305 e. The van der Waals surface area contributed by atoms with Gasteiger partial charge in [0.15, 0.2) is 5.41 Å². The summed E-state index contributed by atoms with van der Waals surface area (Å²) in [6.07, 6.45) is -2.64. The summed E-state index contributed by atoms with van der Waals surface area (Å²) in [5, 5.41) is 38.0. The lowest BCUT2D eigenvalue weighted by Gasteiger charge is -2.47. The molecule has 5 nitrogen and oxygen atoms in total. The van der Waals surface area contributed by atoms with Crippen LogP contribution in [0.15, 0.2) is 35.9 Å². The molecule has 0 spiro atoms. The molecule has 1 aromatic rings. The zero-order valence-electron chi connectivity index (χ0n) is 15.7. The van der Waals surface area contributed by atoms with Crippen molar-refractivity contribution in [3.05, 3.63) is 47.0 Å². The van der Waals surface area contributed by atoms with E-state index in [0.717, 1.165) is 12.1 Å². The van der Waals surface area contributed by atoms with Crippen molar-refractivity contribution in [2.75, 3.05) is 19.6 Å². The number of fused-ring (bicyclic) bond motifs is 1. The lowest BCUT2D eigenvalue weighted by atomic mass is 9.54. The molecule has 0 amide bonds. The molecule has 0 bridgehead atoms. The number of hydrogen-bond donors (Lipinski definition) is 1. The number of alkyl halides is 3. The summed E-state index contributed by atoms with van der Waals surface area (Å²) in [5.74, 6) is -2.24. The van der Waals surface area contributed by atoms with E-state index in [4.69, 9.17) is 5.41 Å². The summed E-state index contributed by atoms with van der Waals surface area (Å²) in [4.78, 5) is 2.08. The Bertz CT molecular complexity index is 958. The first kappa shape index (κ1) is 20.6. The van der Waals surface area contributed by atoms with Crippen molar-refractivity contribution >= 4 is 5.71 Å². The predicted octanol–water partition coefficient (Wildman–Crippen LogP) is 3.87. The van der Waals surface area contributed by atoms with Gasteiger partial charge in [-0.25, -0.2) is 0 Å². The standard InChI is InChI=1S/C21H18F3N5/c1-2-29-8-7-15-16(9-25)19(28)20(11-26,12-27)18(17(15)10-29)13-3-5-14(6-4-13)21(22,23)24/h3-7,16-18,28H,2,8,10H2,1H3/t16?,17-,18-/m0/s1. The van der Waals surface area contributed by atoms with Crippen LogP contribution in [-0.2, 0) is 6.18 Å². The molecule has 3 rings (SSSR count). The predicted molar refractivity (Wildman–Crippen MR) is 98.4 cm³/mol. The second-order valence-electron chi connectivity index (χ2n) is 7.27. The second-order valence-corrected chi connectivity index (χ2v) is 7.27. The van der Waals surface area contributed by atoms with E-state index < -0.39 is 34.9 Å². The molecule has 1 aromatic carbocycles. The van der Waals surface area contributed by atoms with E-state index in [1.807, 2.05) is 31.2 Å². The third-order valence-electron chi connectivity index (χ3n) is 5.91. The maximum atomic E-state index is 13.0. The number of nitrogens with one attached hydrogen (secondary N) is 1. The molecule has 1 fully saturated rings. The van der Waals surface area contributed by atoms with Crippen molar-refractivity contribution in [1.82, 2.24) is 4.90 Å². The molecule has 1 unspecified atom stereocenters. The number of likely N-dealkylation sites (N-methyl/N-ethyl adjacent to an activating group) is 1. The van der Waals surface area contributed by atoms with Crippen LogP contribution in [0.5, 0.6) is 0 Å². The summed E-state index contributed by atoms with van der Waals surface area (Å²) < 4.78 is 38.9.